The van der Waals surface area contributed by atoms with Crippen LogP contribution in [0.1, 0.15) is 12.0 Å². The molecule has 3 heterocycles. The van der Waals surface area contributed by atoms with Crippen molar-refractivity contribution in [1.29, 1.82) is 0 Å². The predicted molar refractivity (Wildman–Crippen MR) is 119 cm³/mol. The summed E-state index contributed by atoms with van der Waals surface area (Å²) in [4.78, 5) is 14.8. The third-order valence-corrected chi connectivity index (χ3v) is 6.27. The minimum absolute atomic E-state index is 0.0674. The van der Waals surface area contributed by atoms with Gasteiger partial charge >= 0.3 is 0 Å². The molecule has 4 aromatic rings. The van der Waals surface area contributed by atoms with Crippen molar-refractivity contribution >= 4 is 40.6 Å². The molecular formula is C22H18ClN5OS. The van der Waals surface area contributed by atoms with Gasteiger partial charge in [-0.3, -0.25) is 4.79 Å². The summed E-state index contributed by atoms with van der Waals surface area (Å²) < 4.78 is 1.69. The minimum Gasteiger partial charge on any atom is -0.311 e. The monoisotopic (exact) mass is 435 g/mol. The number of aryl methyl sites for hydroxylation is 1. The Kier molecular flexibility index (Phi) is 5.14. The van der Waals surface area contributed by atoms with Crippen molar-refractivity contribution in [2.24, 2.45) is 0 Å². The summed E-state index contributed by atoms with van der Waals surface area (Å²) in [5.41, 5.74) is 4.63. The average Bonchev–Trinajstić information content (AvgIpc) is 3.20. The van der Waals surface area contributed by atoms with E-state index in [-0.39, 0.29) is 11.7 Å². The van der Waals surface area contributed by atoms with E-state index in [2.05, 4.69) is 21.4 Å². The molecule has 0 bridgehead atoms. The molecule has 0 atom stereocenters. The third kappa shape index (κ3) is 3.66. The lowest BCUT2D eigenvalue weighted by atomic mass is 10.0. The minimum atomic E-state index is 0.0674. The molecule has 1 aliphatic heterocycles. The summed E-state index contributed by atoms with van der Waals surface area (Å²) in [7, 11) is 0. The van der Waals surface area contributed by atoms with Crippen LogP contribution in [0.4, 0.5) is 5.69 Å². The molecule has 6 nitrogen and oxygen atoms in total. The fourth-order valence-electron chi connectivity index (χ4n) is 3.63. The van der Waals surface area contributed by atoms with Gasteiger partial charge in [-0.1, -0.05) is 53.7 Å². The van der Waals surface area contributed by atoms with Crippen molar-refractivity contribution in [2.45, 2.75) is 18.0 Å². The van der Waals surface area contributed by atoms with Crippen molar-refractivity contribution in [2.75, 3.05) is 17.2 Å². The summed E-state index contributed by atoms with van der Waals surface area (Å²) in [5.74, 6) is 0.347. The Labute approximate surface area is 182 Å². The van der Waals surface area contributed by atoms with E-state index in [9.17, 15) is 4.79 Å². The van der Waals surface area contributed by atoms with Crippen LogP contribution in [0.3, 0.4) is 0 Å². The normalized spacial score (nSPS) is 13.4. The number of para-hydroxylation sites is 1. The molecule has 0 radical (unpaired) electrons. The number of aromatic nitrogens is 4. The predicted octanol–water partition coefficient (Wildman–Crippen LogP) is 4.52. The van der Waals surface area contributed by atoms with Gasteiger partial charge in [-0.15, -0.1) is 10.2 Å². The summed E-state index contributed by atoms with van der Waals surface area (Å²) in [6.45, 7) is 0.746. The topological polar surface area (TPSA) is 63.4 Å². The van der Waals surface area contributed by atoms with Crippen LogP contribution < -0.4 is 4.90 Å². The number of rotatable bonds is 4. The van der Waals surface area contributed by atoms with Gasteiger partial charge in [0.1, 0.15) is 0 Å². The number of halogens is 1. The molecular weight excluding hydrogens is 418 g/mol. The quantitative estimate of drug-likeness (QED) is 0.441. The van der Waals surface area contributed by atoms with Crippen LogP contribution >= 0.6 is 23.4 Å². The van der Waals surface area contributed by atoms with E-state index in [1.807, 2.05) is 59.5 Å². The molecule has 0 spiro atoms. The van der Waals surface area contributed by atoms with E-state index < -0.39 is 0 Å². The van der Waals surface area contributed by atoms with E-state index in [1.54, 1.807) is 4.52 Å². The Morgan fingerprint density at radius 2 is 1.87 bits per heavy atom. The summed E-state index contributed by atoms with van der Waals surface area (Å²) >= 11 is 7.34. The first-order valence-corrected chi connectivity index (χ1v) is 11.0. The lowest BCUT2D eigenvalue weighted by Gasteiger charge is -2.29. The fraction of sp³-hybridized carbons (Fsp3) is 0.182. The standard InChI is InChI=1S/C22H18ClN5OS/c23-17-9-7-15(8-10-17)18-11-12-20-24-25-22(28(20)26-18)30-14-21(29)27-13-3-5-16-4-1-2-6-19(16)27/h1-2,4,6-12H,3,5,13-14H2. The fourth-order valence-corrected chi connectivity index (χ4v) is 4.52. The highest BCUT2D eigenvalue weighted by Gasteiger charge is 2.23. The number of carbonyl (C=O) groups excluding carboxylic acids is 1. The van der Waals surface area contributed by atoms with Crippen LogP contribution in [0.2, 0.25) is 5.02 Å². The molecule has 0 N–H and O–H groups in total. The smallest absolute Gasteiger partial charge is 0.237 e. The molecule has 0 saturated carbocycles. The SMILES string of the molecule is O=C(CSc1nnc2ccc(-c3ccc(Cl)cc3)nn12)N1CCCc2ccccc21. The highest BCUT2D eigenvalue weighted by molar-refractivity contribution is 7.99. The van der Waals surface area contributed by atoms with Crippen molar-refractivity contribution in [3.8, 4) is 11.3 Å². The zero-order valence-corrected chi connectivity index (χ0v) is 17.6. The molecule has 0 saturated heterocycles. The molecule has 1 amide bonds. The molecule has 0 fully saturated rings. The van der Waals surface area contributed by atoms with Crippen molar-refractivity contribution in [3.05, 3.63) is 71.2 Å². The summed E-state index contributed by atoms with van der Waals surface area (Å²) in [6, 6.07) is 19.4. The van der Waals surface area contributed by atoms with Crippen molar-refractivity contribution < 1.29 is 4.79 Å². The Morgan fingerprint density at radius 3 is 2.73 bits per heavy atom. The second-order valence-electron chi connectivity index (χ2n) is 7.04. The Hall–Kier alpha value is -2.90. The molecule has 1 aliphatic rings. The number of amides is 1. The summed E-state index contributed by atoms with van der Waals surface area (Å²) in [6.07, 6.45) is 1.99. The molecule has 0 unspecified atom stereocenters. The maximum atomic E-state index is 12.9. The first-order valence-electron chi connectivity index (χ1n) is 9.68. The first kappa shape index (κ1) is 19.1. The van der Waals surface area contributed by atoms with Crippen LogP contribution in [0.15, 0.2) is 65.8 Å². The summed E-state index contributed by atoms with van der Waals surface area (Å²) in [5, 5.41) is 14.3. The van der Waals surface area contributed by atoms with E-state index in [4.69, 9.17) is 11.6 Å². The lowest BCUT2D eigenvalue weighted by Crippen LogP contribution is -2.36. The van der Waals surface area contributed by atoms with Crippen LogP contribution in [-0.2, 0) is 11.2 Å². The van der Waals surface area contributed by atoms with Gasteiger partial charge in [0.25, 0.3) is 0 Å². The van der Waals surface area contributed by atoms with Gasteiger partial charge in [0.2, 0.25) is 11.1 Å². The number of anilines is 1. The van der Waals surface area contributed by atoms with Crippen LogP contribution in [0.25, 0.3) is 16.9 Å². The second-order valence-corrected chi connectivity index (χ2v) is 8.42. The number of carbonyl (C=O) groups is 1. The van der Waals surface area contributed by atoms with E-state index in [0.29, 0.717) is 15.8 Å². The molecule has 0 aliphatic carbocycles. The maximum absolute atomic E-state index is 12.9. The second kappa shape index (κ2) is 8.08. The number of fused-ring (bicyclic) bond motifs is 2. The van der Waals surface area contributed by atoms with Gasteiger partial charge < -0.3 is 4.90 Å². The Morgan fingerprint density at radius 1 is 1.03 bits per heavy atom. The number of thioether (sulfide) groups is 1. The molecule has 2 aromatic carbocycles. The van der Waals surface area contributed by atoms with Gasteiger partial charge in [-0.05, 0) is 48.7 Å². The highest BCUT2D eigenvalue weighted by Crippen LogP contribution is 2.28. The van der Waals surface area contributed by atoms with Crippen molar-refractivity contribution in [3.63, 3.8) is 0 Å². The number of hydrogen-bond donors (Lipinski definition) is 0. The molecule has 2 aromatic heterocycles. The number of nitrogens with zero attached hydrogens (tertiary/aromatic N) is 5. The Balaban J connectivity index is 1.36. The lowest BCUT2D eigenvalue weighted by molar-refractivity contribution is -0.116. The molecule has 8 heteroatoms. The van der Waals surface area contributed by atoms with Crippen molar-refractivity contribution in [1.82, 2.24) is 19.8 Å². The third-order valence-electron chi connectivity index (χ3n) is 5.11. The average molecular weight is 436 g/mol. The van der Waals surface area contributed by atoms with E-state index in [0.717, 1.165) is 36.3 Å². The van der Waals surface area contributed by atoms with Gasteiger partial charge in [0, 0.05) is 22.8 Å². The van der Waals surface area contributed by atoms with Gasteiger partial charge in [0.15, 0.2) is 5.65 Å². The van der Waals surface area contributed by atoms with Crippen LogP contribution in [-0.4, -0.2) is 38.0 Å². The van der Waals surface area contributed by atoms with Gasteiger partial charge in [0.05, 0.1) is 11.4 Å². The Bertz CT molecular complexity index is 1220. The zero-order valence-electron chi connectivity index (χ0n) is 16.0. The van der Waals surface area contributed by atoms with E-state index >= 15 is 0 Å². The number of hydrogen-bond acceptors (Lipinski definition) is 5. The van der Waals surface area contributed by atoms with E-state index in [1.165, 1.54) is 17.3 Å². The first-order chi connectivity index (χ1) is 14.7. The number of benzene rings is 2. The molecule has 5 rings (SSSR count). The van der Waals surface area contributed by atoms with Crippen LogP contribution in [0.5, 0.6) is 0 Å². The maximum Gasteiger partial charge on any atom is 0.237 e. The molecule has 30 heavy (non-hydrogen) atoms. The zero-order chi connectivity index (χ0) is 20.5. The largest absolute Gasteiger partial charge is 0.311 e. The van der Waals surface area contributed by atoms with Crippen LogP contribution in [0, 0.1) is 0 Å². The highest BCUT2D eigenvalue weighted by atomic mass is 35.5. The molecule has 150 valence electrons. The van der Waals surface area contributed by atoms with Gasteiger partial charge in [-0.2, -0.15) is 9.61 Å². The van der Waals surface area contributed by atoms with Gasteiger partial charge in [-0.25, -0.2) is 0 Å².